The first-order chi connectivity index (χ1) is 15.9. The Morgan fingerprint density at radius 2 is 1.70 bits per heavy atom. The predicted molar refractivity (Wildman–Crippen MR) is 133 cm³/mol. The van der Waals surface area contributed by atoms with Crippen molar-refractivity contribution in [1.82, 2.24) is 0 Å². The quantitative estimate of drug-likeness (QED) is 0.406. The van der Waals surface area contributed by atoms with E-state index < -0.39 is 11.8 Å². The molecule has 3 amide bonds. The van der Waals surface area contributed by atoms with Gasteiger partial charge in [-0.1, -0.05) is 58.7 Å². The number of imide groups is 1. The fourth-order valence-electron chi connectivity index (χ4n) is 3.46. The van der Waals surface area contributed by atoms with Gasteiger partial charge in [-0.15, -0.1) is 0 Å². The zero-order valence-corrected chi connectivity index (χ0v) is 19.9. The lowest BCUT2D eigenvalue weighted by Gasteiger charge is -2.15. The van der Waals surface area contributed by atoms with E-state index in [0.717, 1.165) is 27.0 Å². The summed E-state index contributed by atoms with van der Waals surface area (Å²) in [6, 6.07) is 21.0. The minimum absolute atomic E-state index is 0.0431. The molecule has 6 nitrogen and oxygen atoms in total. The highest BCUT2D eigenvalue weighted by Gasteiger charge is 2.38. The van der Waals surface area contributed by atoms with Crippen molar-refractivity contribution in [2.45, 2.75) is 13.3 Å². The van der Waals surface area contributed by atoms with Crippen molar-refractivity contribution in [3.63, 3.8) is 0 Å². The van der Waals surface area contributed by atoms with Crippen LogP contribution in [-0.2, 0) is 16.0 Å². The number of nitrogens with one attached hydrogen (secondary N) is 2. The molecule has 0 aliphatic carbocycles. The fourth-order valence-corrected chi connectivity index (χ4v) is 3.94. The summed E-state index contributed by atoms with van der Waals surface area (Å²) in [5, 5.41) is 5.62. The van der Waals surface area contributed by atoms with Crippen LogP contribution < -0.4 is 15.5 Å². The first-order valence-electron chi connectivity index (χ1n) is 10.2. The third-order valence-corrected chi connectivity index (χ3v) is 6.03. The summed E-state index contributed by atoms with van der Waals surface area (Å²) < 4.78 is 0.819. The van der Waals surface area contributed by atoms with Crippen LogP contribution in [-0.4, -0.2) is 17.7 Å². The average Bonchev–Trinajstić information content (AvgIpc) is 3.03. The van der Waals surface area contributed by atoms with Crippen molar-refractivity contribution in [3.8, 4) is 0 Å². The van der Waals surface area contributed by atoms with Crippen molar-refractivity contribution in [1.29, 1.82) is 0 Å². The molecule has 0 aromatic heterocycles. The van der Waals surface area contributed by atoms with Crippen molar-refractivity contribution in [2.24, 2.45) is 0 Å². The van der Waals surface area contributed by atoms with Crippen LogP contribution in [0.4, 0.5) is 17.1 Å². The molecular formula is C25H19BrClN3O3. The molecule has 1 aliphatic heterocycles. The van der Waals surface area contributed by atoms with Crippen molar-refractivity contribution in [3.05, 3.63) is 99.1 Å². The first kappa shape index (κ1) is 22.8. The summed E-state index contributed by atoms with van der Waals surface area (Å²) >= 11 is 9.54. The molecule has 166 valence electrons. The van der Waals surface area contributed by atoms with Crippen molar-refractivity contribution >= 4 is 62.3 Å². The first-order valence-corrected chi connectivity index (χ1v) is 11.4. The highest BCUT2D eigenvalue weighted by molar-refractivity contribution is 9.10. The fraction of sp³-hybridized carbons (Fsp3) is 0.0800. The van der Waals surface area contributed by atoms with Gasteiger partial charge >= 0.3 is 0 Å². The lowest BCUT2D eigenvalue weighted by Crippen LogP contribution is -2.32. The molecule has 0 fully saturated rings. The largest absolute Gasteiger partial charge is 0.350 e. The van der Waals surface area contributed by atoms with Crippen LogP contribution in [0.3, 0.4) is 0 Å². The minimum atomic E-state index is -0.614. The number of halogens is 2. The SMILES string of the molecule is CCc1ccccc1NC(=O)c1cccc(NC2=C(Cl)C(=O)N(c3ccc(Br)cc3)C2=O)c1. The van der Waals surface area contributed by atoms with E-state index in [9.17, 15) is 14.4 Å². The van der Waals surface area contributed by atoms with Gasteiger partial charge in [-0.3, -0.25) is 14.4 Å². The summed E-state index contributed by atoms with van der Waals surface area (Å²) in [7, 11) is 0. The number of amides is 3. The number of anilines is 3. The Balaban J connectivity index is 1.54. The maximum absolute atomic E-state index is 13.0. The van der Waals surface area contributed by atoms with Gasteiger partial charge in [-0.05, 0) is 60.5 Å². The van der Waals surface area contributed by atoms with Crippen molar-refractivity contribution in [2.75, 3.05) is 15.5 Å². The van der Waals surface area contributed by atoms with E-state index in [-0.39, 0.29) is 16.6 Å². The normalized spacial score (nSPS) is 13.5. The summed E-state index contributed by atoms with van der Waals surface area (Å²) in [6.07, 6.45) is 0.787. The molecule has 3 aromatic carbocycles. The smallest absolute Gasteiger partial charge is 0.283 e. The van der Waals surface area contributed by atoms with Gasteiger partial charge in [0.25, 0.3) is 17.7 Å². The highest BCUT2D eigenvalue weighted by Crippen LogP contribution is 2.31. The molecule has 0 saturated heterocycles. The van der Waals surface area contributed by atoms with Crippen LogP contribution in [0.15, 0.2) is 88.0 Å². The van der Waals surface area contributed by atoms with Gasteiger partial charge in [-0.2, -0.15) is 0 Å². The molecule has 0 saturated carbocycles. The Hall–Kier alpha value is -3.42. The van der Waals surface area contributed by atoms with E-state index in [1.54, 1.807) is 48.5 Å². The van der Waals surface area contributed by atoms with Crippen molar-refractivity contribution < 1.29 is 14.4 Å². The van der Waals surface area contributed by atoms with Gasteiger partial charge in [0.15, 0.2) is 0 Å². The molecule has 33 heavy (non-hydrogen) atoms. The van der Waals surface area contributed by atoms with Gasteiger partial charge in [0, 0.05) is 21.4 Å². The van der Waals surface area contributed by atoms with Gasteiger partial charge in [0.05, 0.1) is 5.69 Å². The molecule has 0 bridgehead atoms. The van der Waals surface area contributed by atoms with Crippen LogP contribution in [0.2, 0.25) is 0 Å². The molecule has 3 aromatic rings. The maximum atomic E-state index is 13.0. The Bertz CT molecular complexity index is 1290. The number of carbonyl (C=O) groups excluding carboxylic acids is 3. The highest BCUT2D eigenvalue weighted by atomic mass is 79.9. The number of para-hydroxylation sites is 1. The number of hydrogen-bond acceptors (Lipinski definition) is 4. The molecular weight excluding hydrogens is 506 g/mol. The number of hydrogen-bond donors (Lipinski definition) is 2. The molecule has 4 rings (SSSR count). The van der Waals surface area contributed by atoms with Gasteiger partial charge in [0.2, 0.25) is 0 Å². The number of aryl methyl sites for hydroxylation is 1. The predicted octanol–water partition coefficient (Wildman–Crippen LogP) is 5.70. The average molecular weight is 525 g/mol. The zero-order chi connectivity index (χ0) is 23.5. The van der Waals surface area contributed by atoms with Gasteiger partial charge in [-0.25, -0.2) is 4.90 Å². The third-order valence-electron chi connectivity index (χ3n) is 5.15. The molecule has 0 unspecified atom stereocenters. The van der Waals surface area contributed by atoms with E-state index in [1.165, 1.54) is 0 Å². The molecule has 1 heterocycles. The van der Waals surface area contributed by atoms with Crippen LogP contribution in [0.25, 0.3) is 0 Å². The lowest BCUT2D eigenvalue weighted by atomic mass is 10.1. The monoisotopic (exact) mass is 523 g/mol. The number of carbonyl (C=O) groups is 3. The van der Waals surface area contributed by atoms with E-state index in [1.807, 2.05) is 31.2 Å². The standard InChI is InChI=1S/C25H19BrClN3O3/c1-2-15-6-3-4-9-20(15)29-23(31)16-7-5-8-18(14-16)28-22-21(27)24(32)30(25(22)33)19-12-10-17(26)11-13-19/h3-14,28H,2H2,1H3,(H,29,31). The number of rotatable bonds is 6. The van der Waals surface area contributed by atoms with E-state index in [0.29, 0.717) is 16.9 Å². The molecule has 0 radical (unpaired) electrons. The molecule has 8 heteroatoms. The Morgan fingerprint density at radius 3 is 2.42 bits per heavy atom. The second kappa shape index (κ2) is 9.60. The lowest BCUT2D eigenvalue weighted by molar-refractivity contribution is -0.120. The van der Waals surface area contributed by atoms with Gasteiger partial charge < -0.3 is 10.6 Å². The van der Waals surface area contributed by atoms with Crippen LogP contribution in [0.1, 0.15) is 22.8 Å². The Labute approximate surface area is 204 Å². The summed E-state index contributed by atoms with van der Waals surface area (Å²) in [6.45, 7) is 2.02. The summed E-state index contributed by atoms with van der Waals surface area (Å²) in [5.41, 5.74) is 2.99. The Kier molecular flexibility index (Phi) is 6.62. The summed E-state index contributed by atoms with van der Waals surface area (Å²) in [4.78, 5) is 39.4. The second-order valence-electron chi connectivity index (χ2n) is 7.28. The van der Waals surface area contributed by atoms with E-state index >= 15 is 0 Å². The molecule has 1 aliphatic rings. The number of benzene rings is 3. The van der Waals surface area contributed by atoms with Crippen LogP contribution in [0, 0.1) is 0 Å². The second-order valence-corrected chi connectivity index (χ2v) is 8.58. The third kappa shape index (κ3) is 4.69. The molecule has 2 N–H and O–H groups in total. The zero-order valence-electron chi connectivity index (χ0n) is 17.6. The van der Waals surface area contributed by atoms with E-state index in [4.69, 9.17) is 11.6 Å². The minimum Gasteiger partial charge on any atom is -0.350 e. The topological polar surface area (TPSA) is 78.5 Å². The Morgan fingerprint density at radius 1 is 0.970 bits per heavy atom. The van der Waals surface area contributed by atoms with Crippen LogP contribution >= 0.6 is 27.5 Å². The number of nitrogens with zero attached hydrogens (tertiary/aromatic N) is 1. The van der Waals surface area contributed by atoms with E-state index in [2.05, 4.69) is 26.6 Å². The van der Waals surface area contributed by atoms with Crippen LogP contribution in [0.5, 0.6) is 0 Å². The van der Waals surface area contributed by atoms with Gasteiger partial charge in [0.1, 0.15) is 10.7 Å². The summed E-state index contributed by atoms with van der Waals surface area (Å²) in [5.74, 6) is -1.47. The molecule has 0 atom stereocenters. The molecule has 0 spiro atoms. The maximum Gasteiger partial charge on any atom is 0.283 e.